The van der Waals surface area contributed by atoms with Crippen LogP contribution in [0.25, 0.3) is 0 Å². The van der Waals surface area contributed by atoms with E-state index in [9.17, 15) is 4.79 Å². The van der Waals surface area contributed by atoms with E-state index >= 15 is 0 Å². The molecule has 0 aliphatic carbocycles. The maximum absolute atomic E-state index is 12.2. The molecule has 0 amide bonds. The van der Waals surface area contributed by atoms with Crippen LogP contribution in [0.5, 0.6) is 0 Å². The summed E-state index contributed by atoms with van der Waals surface area (Å²) in [5, 5.41) is 3.34. The summed E-state index contributed by atoms with van der Waals surface area (Å²) in [7, 11) is 1.92. The number of imidazole rings is 1. The van der Waals surface area contributed by atoms with E-state index in [0.29, 0.717) is 6.42 Å². The first-order valence-electron chi connectivity index (χ1n) is 5.86. The summed E-state index contributed by atoms with van der Waals surface area (Å²) >= 11 is 0. The topological polar surface area (TPSA) is 46.9 Å². The molecule has 1 aliphatic heterocycles. The number of rotatable bonds is 3. The minimum absolute atomic E-state index is 0.251. The summed E-state index contributed by atoms with van der Waals surface area (Å²) in [6, 6.07) is 0. The molecule has 0 bridgehead atoms. The van der Waals surface area contributed by atoms with Crippen LogP contribution in [0.1, 0.15) is 32.0 Å². The van der Waals surface area contributed by atoms with Crippen molar-refractivity contribution in [3.8, 4) is 0 Å². The number of aryl methyl sites for hydroxylation is 1. The minimum Gasteiger partial charge on any atom is -0.338 e. The first kappa shape index (κ1) is 11.3. The van der Waals surface area contributed by atoms with E-state index in [1.807, 2.05) is 24.7 Å². The molecule has 2 rings (SSSR count). The third kappa shape index (κ3) is 2.16. The lowest BCUT2D eigenvalue weighted by Crippen LogP contribution is -2.53. The Morgan fingerprint density at radius 2 is 2.44 bits per heavy atom. The molecule has 0 spiro atoms. The van der Waals surface area contributed by atoms with Gasteiger partial charge in [-0.3, -0.25) is 4.79 Å². The summed E-state index contributed by atoms with van der Waals surface area (Å²) in [6.07, 6.45) is 7.28. The number of nitrogens with one attached hydrogen (secondary N) is 1. The van der Waals surface area contributed by atoms with Crippen LogP contribution in [0.2, 0.25) is 0 Å². The fourth-order valence-electron chi connectivity index (χ4n) is 2.20. The quantitative estimate of drug-likeness (QED) is 0.830. The van der Waals surface area contributed by atoms with Gasteiger partial charge in [-0.15, -0.1) is 0 Å². The molecule has 1 aromatic rings. The summed E-state index contributed by atoms with van der Waals surface area (Å²) in [5.41, 5.74) is -0.343. The lowest BCUT2D eigenvalue weighted by atomic mass is 9.85. The Kier molecular flexibility index (Phi) is 3.10. The smallest absolute Gasteiger partial charge is 0.160 e. The van der Waals surface area contributed by atoms with Crippen molar-refractivity contribution in [2.24, 2.45) is 7.05 Å². The van der Waals surface area contributed by atoms with Gasteiger partial charge in [0.25, 0.3) is 0 Å². The number of carbonyl (C=O) groups excluding carboxylic acids is 1. The Labute approximate surface area is 96.1 Å². The number of Topliss-reactive ketones (excluding diaryl/α,β-unsaturated/α-hetero) is 1. The van der Waals surface area contributed by atoms with Crippen LogP contribution < -0.4 is 5.32 Å². The van der Waals surface area contributed by atoms with Gasteiger partial charge in [-0.1, -0.05) is 0 Å². The summed E-state index contributed by atoms with van der Waals surface area (Å²) in [4.78, 5) is 16.4. The van der Waals surface area contributed by atoms with Crippen molar-refractivity contribution in [2.45, 2.75) is 38.1 Å². The van der Waals surface area contributed by atoms with Crippen molar-refractivity contribution in [1.82, 2.24) is 14.9 Å². The molecule has 0 saturated carbocycles. The third-order valence-corrected chi connectivity index (χ3v) is 3.47. The van der Waals surface area contributed by atoms with Crippen molar-refractivity contribution >= 4 is 5.78 Å². The first-order chi connectivity index (χ1) is 7.62. The maximum atomic E-state index is 12.2. The van der Waals surface area contributed by atoms with Crippen molar-refractivity contribution in [1.29, 1.82) is 0 Å². The van der Waals surface area contributed by atoms with Gasteiger partial charge in [0, 0.05) is 19.4 Å². The SMILES string of the molecule is Cn1ccnc1CC(=O)C1(C)CCCCN1. The molecule has 16 heavy (non-hydrogen) atoms. The number of hydrogen-bond donors (Lipinski definition) is 1. The standard InChI is InChI=1S/C12H19N3O/c1-12(5-3-4-6-14-12)10(16)9-11-13-7-8-15(11)2/h7-8,14H,3-6,9H2,1-2H3. The Bertz CT molecular complexity index is 377. The lowest BCUT2D eigenvalue weighted by molar-refractivity contribution is -0.125. The van der Waals surface area contributed by atoms with Crippen molar-refractivity contribution in [2.75, 3.05) is 6.54 Å². The molecule has 88 valence electrons. The van der Waals surface area contributed by atoms with Crippen LogP contribution in [-0.4, -0.2) is 27.4 Å². The fraction of sp³-hybridized carbons (Fsp3) is 0.667. The summed E-state index contributed by atoms with van der Waals surface area (Å²) < 4.78 is 1.91. The highest BCUT2D eigenvalue weighted by Gasteiger charge is 2.34. The normalized spacial score (nSPS) is 25.6. The van der Waals surface area contributed by atoms with Crippen LogP contribution in [-0.2, 0) is 18.3 Å². The number of aromatic nitrogens is 2. The number of hydrogen-bond acceptors (Lipinski definition) is 3. The summed E-state index contributed by atoms with van der Waals surface area (Å²) in [5.74, 6) is 1.10. The van der Waals surface area contributed by atoms with E-state index in [-0.39, 0.29) is 11.3 Å². The molecule has 1 atom stereocenters. The largest absolute Gasteiger partial charge is 0.338 e. The molecular formula is C12H19N3O. The zero-order valence-electron chi connectivity index (χ0n) is 9.99. The average molecular weight is 221 g/mol. The molecule has 1 saturated heterocycles. The molecule has 1 fully saturated rings. The minimum atomic E-state index is -0.343. The van der Waals surface area contributed by atoms with Gasteiger partial charge in [0.2, 0.25) is 0 Å². The zero-order chi connectivity index (χ0) is 11.6. The second-order valence-corrected chi connectivity index (χ2v) is 4.77. The molecule has 4 nitrogen and oxygen atoms in total. The fourth-order valence-corrected chi connectivity index (χ4v) is 2.20. The average Bonchev–Trinajstić information content (AvgIpc) is 2.65. The van der Waals surface area contributed by atoms with Crippen LogP contribution in [0, 0.1) is 0 Å². The number of nitrogens with zero attached hydrogens (tertiary/aromatic N) is 2. The van der Waals surface area contributed by atoms with E-state index in [1.54, 1.807) is 6.20 Å². The highest BCUT2D eigenvalue weighted by molar-refractivity contribution is 5.89. The second kappa shape index (κ2) is 4.37. The molecule has 0 radical (unpaired) electrons. The van der Waals surface area contributed by atoms with E-state index in [0.717, 1.165) is 25.2 Å². The van der Waals surface area contributed by atoms with Gasteiger partial charge < -0.3 is 9.88 Å². The third-order valence-electron chi connectivity index (χ3n) is 3.47. The Morgan fingerprint density at radius 1 is 1.62 bits per heavy atom. The summed E-state index contributed by atoms with van der Waals surface area (Å²) in [6.45, 7) is 2.96. The number of carbonyl (C=O) groups is 1. The monoisotopic (exact) mass is 221 g/mol. The molecule has 1 unspecified atom stereocenters. The predicted octanol–water partition coefficient (Wildman–Crippen LogP) is 1.06. The molecule has 0 aromatic carbocycles. The van der Waals surface area contributed by atoms with E-state index in [1.165, 1.54) is 6.42 Å². The number of ketones is 1. The highest BCUT2D eigenvalue weighted by atomic mass is 16.1. The van der Waals surface area contributed by atoms with Gasteiger partial charge in [-0.05, 0) is 32.7 Å². The van der Waals surface area contributed by atoms with Crippen molar-refractivity contribution in [3.63, 3.8) is 0 Å². The van der Waals surface area contributed by atoms with Crippen LogP contribution in [0.4, 0.5) is 0 Å². The molecular weight excluding hydrogens is 202 g/mol. The van der Waals surface area contributed by atoms with E-state index < -0.39 is 0 Å². The van der Waals surface area contributed by atoms with E-state index in [2.05, 4.69) is 10.3 Å². The first-order valence-corrected chi connectivity index (χ1v) is 5.86. The predicted molar refractivity (Wildman–Crippen MR) is 62.2 cm³/mol. The van der Waals surface area contributed by atoms with Crippen LogP contribution >= 0.6 is 0 Å². The van der Waals surface area contributed by atoms with Crippen molar-refractivity contribution < 1.29 is 4.79 Å². The lowest BCUT2D eigenvalue weighted by Gasteiger charge is -2.33. The molecule has 1 aromatic heterocycles. The van der Waals surface area contributed by atoms with Gasteiger partial charge in [-0.25, -0.2) is 4.98 Å². The molecule has 1 aliphatic rings. The van der Waals surface area contributed by atoms with Crippen LogP contribution in [0.3, 0.4) is 0 Å². The van der Waals surface area contributed by atoms with Gasteiger partial charge in [0.1, 0.15) is 5.82 Å². The second-order valence-electron chi connectivity index (χ2n) is 4.77. The number of piperidine rings is 1. The Balaban J connectivity index is 2.05. The molecule has 2 heterocycles. The van der Waals surface area contributed by atoms with Gasteiger partial charge in [0.15, 0.2) is 5.78 Å². The Hall–Kier alpha value is -1.16. The van der Waals surface area contributed by atoms with Gasteiger partial charge in [0.05, 0.1) is 12.0 Å². The van der Waals surface area contributed by atoms with Crippen molar-refractivity contribution in [3.05, 3.63) is 18.2 Å². The van der Waals surface area contributed by atoms with Crippen LogP contribution in [0.15, 0.2) is 12.4 Å². The highest BCUT2D eigenvalue weighted by Crippen LogP contribution is 2.21. The van der Waals surface area contributed by atoms with Gasteiger partial charge in [-0.2, -0.15) is 0 Å². The molecule has 1 N–H and O–H groups in total. The van der Waals surface area contributed by atoms with Gasteiger partial charge >= 0.3 is 0 Å². The maximum Gasteiger partial charge on any atom is 0.160 e. The zero-order valence-corrected chi connectivity index (χ0v) is 9.99. The van der Waals surface area contributed by atoms with E-state index in [4.69, 9.17) is 0 Å². The molecule has 4 heteroatoms. The Morgan fingerprint density at radius 3 is 3.00 bits per heavy atom.